The summed E-state index contributed by atoms with van der Waals surface area (Å²) in [6.45, 7) is 0. The fraction of sp³-hybridized carbons (Fsp3) is 0.0769. The molecule has 0 aliphatic carbocycles. The number of allylic oxidation sites excluding steroid dienone is 3. The van der Waals surface area contributed by atoms with Crippen molar-refractivity contribution >= 4 is 28.5 Å². The van der Waals surface area contributed by atoms with Crippen LogP contribution >= 0.6 is 0 Å². The van der Waals surface area contributed by atoms with Crippen LogP contribution < -0.4 is 9.47 Å². The average molecular weight is 411 g/mol. The van der Waals surface area contributed by atoms with Crippen LogP contribution in [0.2, 0.25) is 0 Å². The molecule has 0 fully saturated rings. The van der Waals surface area contributed by atoms with E-state index in [2.05, 4.69) is 4.98 Å². The van der Waals surface area contributed by atoms with Crippen molar-refractivity contribution in [1.82, 2.24) is 4.98 Å². The Balaban J connectivity index is 1.77. The van der Waals surface area contributed by atoms with Gasteiger partial charge in [-0.05, 0) is 42.0 Å². The summed E-state index contributed by atoms with van der Waals surface area (Å²) >= 11 is 0. The van der Waals surface area contributed by atoms with E-state index in [0.717, 1.165) is 5.56 Å². The summed E-state index contributed by atoms with van der Waals surface area (Å²) in [5, 5.41) is 0. The number of methoxy groups -OCH3 is 2. The summed E-state index contributed by atoms with van der Waals surface area (Å²) in [6.07, 6.45) is 5.46. The number of para-hydroxylation sites is 2. The number of benzene rings is 3. The maximum Gasteiger partial charge on any atom is 0.231 e. The highest BCUT2D eigenvalue weighted by Crippen LogP contribution is 2.30. The number of Topliss-reactive ketones (excluding diaryl/α,β-unsaturated/α-hetero) is 1. The lowest BCUT2D eigenvalue weighted by Gasteiger charge is -2.09. The zero-order valence-electron chi connectivity index (χ0n) is 17.2. The molecule has 0 atom stereocenters. The molecular formula is C26H21NO4. The Hall–Kier alpha value is -4.12. The van der Waals surface area contributed by atoms with Crippen LogP contribution in [0.5, 0.6) is 11.5 Å². The van der Waals surface area contributed by atoms with Gasteiger partial charge < -0.3 is 13.9 Å². The number of aromatic nitrogens is 1. The largest absolute Gasteiger partial charge is 0.493 e. The molecule has 4 aromatic rings. The van der Waals surface area contributed by atoms with Gasteiger partial charge in [0.05, 0.1) is 19.8 Å². The van der Waals surface area contributed by atoms with Crippen LogP contribution in [-0.2, 0) is 0 Å². The molecule has 31 heavy (non-hydrogen) atoms. The smallest absolute Gasteiger partial charge is 0.231 e. The van der Waals surface area contributed by atoms with Gasteiger partial charge in [-0.3, -0.25) is 4.79 Å². The van der Waals surface area contributed by atoms with Crippen LogP contribution in [0, 0.1) is 0 Å². The molecule has 3 aromatic carbocycles. The zero-order valence-corrected chi connectivity index (χ0v) is 17.2. The van der Waals surface area contributed by atoms with Gasteiger partial charge in [-0.25, -0.2) is 4.98 Å². The van der Waals surface area contributed by atoms with E-state index >= 15 is 0 Å². The molecule has 0 amide bonds. The van der Waals surface area contributed by atoms with E-state index in [4.69, 9.17) is 13.9 Å². The lowest BCUT2D eigenvalue weighted by Crippen LogP contribution is -2.04. The molecule has 5 heteroatoms. The quantitative estimate of drug-likeness (QED) is 0.218. The molecular weight excluding hydrogens is 390 g/mol. The fourth-order valence-electron chi connectivity index (χ4n) is 3.18. The van der Waals surface area contributed by atoms with Crippen LogP contribution in [0.3, 0.4) is 0 Å². The number of ketones is 1. The Morgan fingerprint density at radius 1 is 0.903 bits per heavy atom. The zero-order chi connectivity index (χ0) is 21.6. The third-order valence-electron chi connectivity index (χ3n) is 4.77. The Morgan fingerprint density at radius 2 is 1.65 bits per heavy atom. The molecule has 0 aliphatic heterocycles. The molecule has 0 saturated carbocycles. The normalized spacial score (nSPS) is 11.7. The van der Waals surface area contributed by atoms with E-state index in [1.807, 2.05) is 66.7 Å². The van der Waals surface area contributed by atoms with Crippen molar-refractivity contribution in [3.05, 3.63) is 102 Å². The summed E-state index contributed by atoms with van der Waals surface area (Å²) < 4.78 is 16.5. The third kappa shape index (κ3) is 4.41. The highest BCUT2D eigenvalue weighted by atomic mass is 16.5. The topological polar surface area (TPSA) is 61.6 Å². The number of rotatable bonds is 7. The number of oxazole rings is 1. The van der Waals surface area contributed by atoms with Crippen molar-refractivity contribution in [3.8, 4) is 11.5 Å². The van der Waals surface area contributed by atoms with Crippen molar-refractivity contribution in [1.29, 1.82) is 0 Å². The number of carbonyl (C=O) groups excluding carboxylic acids is 1. The number of hydrogen-bond donors (Lipinski definition) is 0. The molecule has 154 valence electrons. The Labute approximate surface area is 180 Å². The average Bonchev–Trinajstić information content (AvgIpc) is 3.25. The first kappa shape index (κ1) is 20.2. The predicted molar refractivity (Wildman–Crippen MR) is 121 cm³/mol. The number of nitrogens with zero attached hydrogens (tertiary/aromatic N) is 1. The molecule has 1 heterocycles. The van der Waals surface area contributed by atoms with Crippen LogP contribution in [0.15, 0.2) is 89.4 Å². The standard InChI is InChI=1S/C26H21NO4/c1-29-23-16-15-19(17-24(23)30-2)25(28)20(12-8-11-18-9-4-3-5-10-18)26-27-21-13-6-7-14-22(21)31-26/h3-17H,1-2H3. The first-order valence-electron chi connectivity index (χ1n) is 9.75. The molecule has 0 unspecified atom stereocenters. The maximum atomic E-state index is 13.4. The first-order chi connectivity index (χ1) is 15.2. The Kier molecular flexibility index (Phi) is 5.94. The van der Waals surface area contributed by atoms with Crippen molar-refractivity contribution in [2.45, 2.75) is 0 Å². The lowest BCUT2D eigenvalue weighted by atomic mass is 10.0. The van der Waals surface area contributed by atoms with Gasteiger partial charge in [-0.2, -0.15) is 0 Å². The van der Waals surface area contributed by atoms with E-state index in [0.29, 0.717) is 33.7 Å². The van der Waals surface area contributed by atoms with E-state index < -0.39 is 0 Å². The summed E-state index contributed by atoms with van der Waals surface area (Å²) in [5.74, 6) is 1.06. The van der Waals surface area contributed by atoms with Crippen LogP contribution in [0.4, 0.5) is 0 Å². The summed E-state index contributed by atoms with van der Waals surface area (Å²) in [7, 11) is 3.09. The third-order valence-corrected chi connectivity index (χ3v) is 4.77. The molecule has 0 spiro atoms. The van der Waals surface area contributed by atoms with Gasteiger partial charge in [0.25, 0.3) is 0 Å². The Morgan fingerprint density at radius 3 is 2.39 bits per heavy atom. The van der Waals surface area contributed by atoms with Crippen LogP contribution in [0.25, 0.3) is 22.7 Å². The number of fused-ring (bicyclic) bond motifs is 1. The SMILES string of the molecule is COc1ccc(C(=O)C(=CC=Cc2ccccc2)c2nc3ccccc3o2)cc1OC. The molecule has 1 aromatic heterocycles. The number of hydrogen-bond acceptors (Lipinski definition) is 5. The van der Waals surface area contributed by atoms with E-state index in [1.54, 1.807) is 31.4 Å². The van der Waals surface area contributed by atoms with Gasteiger partial charge in [0.1, 0.15) is 5.52 Å². The van der Waals surface area contributed by atoms with Gasteiger partial charge in [0.15, 0.2) is 22.9 Å². The van der Waals surface area contributed by atoms with Gasteiger partial charge in [0, 0.05) is 5.56 Å². The van der Waals surface area contributed by atoms with Crippen LogP contribution in [-0.4, -0.2) is 25.0 Å². The molecule has 4 rings (SSSR count). The molecule has 0 radical (unpaired) electrons. The fourth-order valence-corrected chi connectivity index (χ4v) is 3.18. The molecule has 0 bridgehead atoms. The second-order valence-electron chi connectivity index (χ2n) is 6.74. The van der Waals surface area contributed by atoms with Crippen molar-refractivity contribution in [2.24, 2.45) is 0 Å². The van der Waals surface area contributed by atoms with Crippen LogP contribution in [0.1, 0.15) is 21.8 Å². The molecule has 0 N–H and O–H groups in total. The minimum absolute atomic E-state index is 0.231. The number of ether oxygens (including phenoxy) is 2. The summed E-state index contributed by atoms with van der Waals surface area (Å²) in [5.41, 5.74) is 3.12. The second-order valence-corrected chi connectivity index (χ2v) is 6.74. The minimum Gasteiger partial charge on any atom is -0.493 e. The lowest BCUT2D eigenvalue weighted by molar-refractivity contribution is 0.105. The van der Waals surface area contributed by atoms with Crippen molar-refractivity contribution in [2.75, 3.05) is 14.2 Å². The monoisotopic (exact) mass is 411 g/mol. The van der Waals surface area contributed by atoms with E-state index in [9.17, 15) is 4.79 Å². The van der Waals surface area contributed by atoms with Gasteiger partial charge in [0.2, 0.25) is 5.89 Å². The highest BCUT2D eigenvalue weighted by Gasteiger charge is 2.21. The first-order valence-corrected chi connectivity index (χ1v) is 9.75. The highest BCUT2D eigenvalue weighted by molar-refractivity contribution is 6.28. The maximum absolute atomic E-state index is 13.4. The minimum atomic E-state index is -0.231. The number of carbonyl (C=O) groups is 1. The van der Waals surface area contributed by atoms with Gasteiger partial charge in [-0.15, -0.1) is 0 Å². The second kappa shape index (κ2) is 9.13. The molecule has 0 saturated heterocycles. The van der Waals surface area contributed by atoms with Gasteiger partial charge >= 0.3 is 0 Å². The molecule has 5 nitrogen and oxygen atoms in total. The summed E-state index contributed by atoms with van der Waals surface area (Å²) in [6, 6.07) is 22.3. The van der Waals surface area contributed by atoms with Crippen molar-refractivity contribution < 1.29 is 18.7 Å². The molecule has 0 aliphatic rings. The summed E-state index contributed by atoms with van der Waals surface area (Å²) in [4.78, 5) is 17.9. The Bertz CT molecular complexity index is 1240. The van der Waals surface area contributed by atoms with Gasteiger partial charge in [-0.1, -0.05) is 54.6 Å². The predicted octanol–water partition coefficient (Wildman–Crippen LogP) is 5.82. The van der Waals surface area contributed by atoms with E-state index in [1.165, 1.54) is 7.11 Å². The van der Waals surface area contributed by atoms with E-state index in [-0.39, 0.29) is 11.7 Å². The van der Waals surface area contributed by atoms with Crippen molar-refractivity contribution in [3.63, 3.8) is 0 Å².